The fourth-order valence-electron chi connectivity index (χ4n) is 2.90. The number of aromatic nitrogens is 4. The molecule has 8 heteroatoms. The van der Waals surface area contributed by atoms with Gasteiger partial charge in [0.25, 0.3) is 5.56 Å². The van der Waals surface area contributed by atoms with E-state index in [2.05, 4.69) is 4.98 Å². The van der Waals surface area contributed by atoms with Crippen molar-refractivity contribution >= 4 is 28.7 Å². The molecule has 0 amide bonds. The van der Waals surface area contributed by atoms with Gasteiger partial charge in [-0.3, -0.25) is 18.7 Å². The summed E-state index contributed by atoms with van der Waals surface area (Å²) in [6, 6.07) is -0.183. The van der Waals surface area contributed by atoms with E-state index >= 15 is 0 Å². The molecule has 1 aliphatic rings. The van der Waals surface area contributed by atoms with Crippen LogP contribution >= 0.6 is 11.8 Å². The van der Waals surface area contributed by atoms with Crippen LogP contribution in [0.2, 0.25) is 0 Å². The number of fused-ring (bicyclic) bond motifs is 3. The highest BCUT2D eigenvalue weighted by Gasteiger charge is 2.42. The molecule has 0 saturated heterocycles. The molecule has 23 heavy (non-hydrogen) atoms. The highest BCUT2D eigenvalue weighted by Crippen LogP contribution is 2.44. The van der Waals surface area contributed by atoms with Gasteiger partial charge in [-0.05, 0) is 6.92 Å². The SMILES string of the molecule is CC1C(C(=O)C(C)(C)C)Sc2nc3c(c(=O)n(C)c(=O)n3C)n21. The topological polar surface area (TPSA) is 78.9 Å². The molecule has 0 aromatic carbocycles. The van der Waals surface area contributed by atoms with E-state index in [1.807, 2.05) is 27.7 Å². The second-order valence-corrected chi connectivity index (χ2v) is 8.14. The molecule has 7 nitrogen and oxygen atoms in total. The van der Waals surface area contributed by atoms with Crippen LogP contribution in [-0.2, 0) is 18.9 Å². The molecule has 0 spiro atoms. The fourth-order valence-corrected chi connectivity index (χ4v) is 4.42. The molecule has 2 atom stereocenters. The zero-order chi connectivity index (χ0) is 17.3. The van der Waals surface area contributed by atoms with Crippen LogP contribution in [-0.4, -0.2) is 29.7 Å². The summed E-state index contributed by atoms with van der Waals surface area (Å²) in [5, 5.41) is 0.345. The Morgan fingerprint density at radius 3 is 2.35 bits per heavy atom. The van der Waals surface area contributed by atoms with E-state index in [1.165, 1.54) is 23.4 Å². The molecule has 0 fully saturated rings. The first-order valence-electron chi connectivity index (χ1n) is 7.44. The molecule has 0 bridgehead atoms. The van der Waals surface area contributed by atoms with E-state index in [0.29, 0.717) is 16.3 Å². The fraction of sp³-hybridized carbons (Fsp3) is 0.600. The van der Waals surface area contributed by atoms with Gasteiger partial charge < -0.3 is 4.57 Å². The molecule has 1 aliphatic heterocycles. The molecule has 0 saturated carbocycles. The summed E-state index contributed by atoms with van der Waals surface area (Å²) in [6.07, 6.45) is 0. The number of imidazole rings is 1. The molecule has 124 valence electrons. The molecule has 3 rings (SSSR count). The van der Waals surface area contributed by atoms with Gasteiger partial charge >= 0.3 is 5.69 Å². The zero-order valence-corrected chi connectivity index (χ0v) is 14.9. The number of aryl methyl sites for hydroxylation is 1. The van der Waals surface area contributed by atoms with Gasteiger partial charge in [-0.25, -0.2) is 9.78 Å². The second kappa shape index (κ2) is 4.83. The van der Waals surface area contributed by atoms with Gasteiger partial charge in [-0.15, -0.1) is 0 Å². The van der Waals surface area contributed by atoms with E-state index in [0.717, 1.165) is 4.57 Å². The van der Waals surface area contributed by atoms with Crippen LogP contribution in [0.4, 0.5) is 0 Å². The highest BCUT2D eigenvalue weighted by molar-refractivity contribution is 8.00. The second-order valence-electron chi connectivity index (χ2n) is 7.04. The van der Waals surface area contributed by atoms with Crippen LogP contribution in [0.1, 0.15) is 33.7 Å². The third-order valence-electron chi connectivity index (χ3n) is 4.33. The monoisotopic (exact) mass is 336 g/mol. The number of nitrogens with zero attached hydrogens (tertiary/aromatic N) is 4. The minimum absolute atomic E-state index is 0.135. The van der Waals surface area contributed by atoms with Gasteiger partial charge in [0.2, 0.25) is 0 Å². The van der Waals surface area contributed by atoms with Crippen LogP contribution in [0, 0.1) is 5.41 Å². The number of rotatable bonds is 1. The molecule has 0 radical (unpaired) electrons. The van der Waals surface area contributed by atoms with Crippen LogP contribution in [0.3, 0.4) is 0 Å². The quantitative estimate of drug-likeness (QED) is 0.779. The van der Waals surface area contributed by atoms with E-state index < -0.39 is 11.1 Å². The summed E-state index contributed by atoms with van der Waals surface area (Å²) in [5.74, 6) is 0.135. The lowest BCUT2D eigenvalue weighted by molar-refractivity contribution is -0.126. The molecule has 0 aliphatic carbocycles. The van der Waals surface area contributed by atoms with E-state index in [4.69, 9.17) is 0 Å². The van der Waals surface area contributed by atoms with Crippen molar-refractivity contribution in [2.45, 2.75) is 44.1 Å². The van der Waals surface area contributed by atoms with Crippen molar-refractivity contribution in [1.29, 1.82) is 0 Å². The predicted octanol–water partition coefficient (Wildman–Crippen LogP) is 1.08. The van der Waals surface area contributed by atoms with Crippen LogP contribution < -0.4 is 11.2 Å². The maximum atomic E-state index is 12.7. The van der Waals surface area contributed by atoms with Crippen molar-refractivity contribution in [3.63, 3.8) is 0 Å². The Kier molecular flexibility index (Phi) is 3.37. The number of carbonyl (C=O) groups excluding carboxylic acids is 1. The first kappa shape index (κ1) is 16.0. The first-order chi connectivity index (χ1) is 10.6. The molecular weight excluding hydrogens is 316 g/mol. The summed E-state index contributed by atoms with van der Waals surface area (Å²) in [4.78, 5) is 41.7. The van der Waals surface area contributed by atoms with E-state index in [-0.39, 0.29) is 22.6 Å². The number of carbonyl (C=O) groups is 1. The maximum absolute atomic E-state index is 12.7. The summed E-state index contributed by atoms with van der Waals surface area (Å²) in [5.41, 5.74) is -0.482. The van der Waals surface area contributed by atoms with Gasteiger partial charge in [0, 0.05) is 19.5 Å². The molecule has 0 N–H and O–H groups in total. The smallest absolute Gasteiger partial charge is 0.309 e. The molecule has 3 heterocycles. The van der Waals surface area contributed by atoms with Crippen molar-refractivity contribution in [2.75, 3.05) is 0 Å². The molecule has 2 aromatic rings. The van der Waals surface area contributed by atoms with Crippen LogP contribution in [0.25, 0.3) is 11.2 Å². The number of hydrogen-bond donors (Lipinski definition) is 0. The summed E-state index contributed by atoms with van der Waals surface area (Å²) >= 11 is 1.37. The lowest BCUT2D eigenvalue weighted by Gasteiger charge is -2.24. The number of Topliss-reactive ketones (excluding diaryl/α,β-unsaturated/α-hetero) is 1. The van der Waals surface area contributed by atoms with Crippen molar-refractivity contribution in [3.05, 3.63) is 20.8 Å². The first-order valence-corrected chi connectivity index (χ1v) is 8.32. The van der Waals surface area contributed by atoms with Gasteiger partial charge in [0.05, 0.1) is 11.3 Å². The Hall–Kier alpha value is -1.83. The Balaban J connectivity index is 2.24. The normalized spacial score (nSPS) is 21.0. The Labute approximate surface area is 137 Å². The van der Waals surface area contributed by atoms with Gasteiger partial charge in [-0.1, -0.05) is 32.5 Å². The van der Waals surface area contributed by atoms with E-state index in [1.54, 1.807) is 11.6 Å². The average Bonchev–Trinajstić information content (AvgIpc) is 2.98. The lowest BCUT2D eigenvalue weighted by atomic mass is 9.87. The number of hydrogen-bond acceptors (Lipinski definition) is 5. The molecule has 2 aromatic heterocycles. The van der Waals surface area contributed by atoms with Crippen molar-refractivity contribution in [1.82, 2.24) is 18.7 Å². The Bertz CT molecular complexity index is 945. The summed E-state index contributed by atoms with van der Waals surface area (Å²) < 4.78 is 4.25. The number of ketones is 1. The summed E-state index contributed by atoms with van der Waals surface area (Å²) in [7, 11) is 3.05. The molecule has 2 unspecified atom stereocenters. The third-order valence-corrected chi connectivity index (χ3v) is 5.70. The van der Waals surface area contributed by atoms with Crippen LogP contribution in [0.5, 0.6) is 0 Å². The third kappa shape index (κ3) is 2.11. The van der Waals surface area contributed by atoms with Crippen molar-refractivity contribution in [2.24, 2.45) is 19.5 Å². The maximum Gasteiger partial charge on any atom is 0.332 e. The van der Waals surface area contributed by atoms with Crippen molar-refractivity contribution in [3.8, 4) is 0 Å². The van der Waals surface area contributed by atoms with Gasteiger partial charge in [0.15, 0.2) is 22.1 Å². The van der Waals surface area contributed by atoms with Gasteiger partial charge in [0.1, 0.15) is 0 Å². The molecular formula is C15H20N4O3S. The standard InChI is InChI=1S/C15H20N4O3S/c1-7-9(10(20)15(2,3)4)23-13-16-11-8(19(7)13)12(21)18(6)14(22)17(11)5/h7,9H,1-6H3. The van der Waals surface area contributed by atoms with Crippen molar-refractivity contribution < 1.29 is 4.79 Å². The Morgan fingerprint density at radius 1 is 1.17 bits per heavy atom. The minimum Gasteiger partial charge on any atom is -0.309 e. The lowest BCUT2D eigenvalue weighted by Crippen LogP contribution is -2.38. The average molecular weight is 336 g/mol. The van der Waals surface area contributed by atoms with Gasteiger partial charge in [-0.2, -0.15) is 0 Å². The Morgan fingerprint density at radius 2 is 1.78 bits per heavy atom. The zero-order valence-electron chi connectivity index (χ0n) is 14.1. The minimum atomic E-state index is -0.455. The highest BCUT2D eigenvalue weighted by atomic mass is 32.2. The van der Waals surface area contributed by atoms with E-state index in [9.17, 15) is 14.4 Å². The van der Waals surface area contributed by atoms with Crippen LogP contribution in [0.15, 0.2) is 14.7 Å². The number of thioether (sulfide) groups is 1. The largest absolute Gasteiger partial charge is 0.332 e. The summed E-state index contributed by atoms with van der Waals surface area (Å²) in [6.45, 7) is 7.60. The predicted molar refractivity (Wildman–Crippen MR) is 89.0 cm³/mol.